The smallest absolute Gasteiger partial charge is 0.320 e. The number of carboxylic acid groups (broad SMARTS) is 1. The minimum Gasteiger partial charge on any atom is -0.480 e. The molecule has 0 radical (unpaired) electrons. The van der Waals surface area contributed by atoms with Crippen LogP contribution in [0.4, 0.5) is 11.4 Å². The predicted octanol–water partition coefficient (Wildman–Crippen LogP) is 1.98. The third-order valence-electron chi connectivity index (χ3n) is 4.22. The molecule has 2 rings (SSSR count). The summed E-state index contributed by atoms with van der Waals surface area (Å²) < 4.78 is 0. The zero-order valence-electron chi connectivity index (χ0n) is 14.6. The number of anilines is 2. The molecular weight excluding hydrogens is 322 g/mol. The zero-order valence-corrected chi connectivity index (χ0v) is 14.6. The van der Waals surface area contributed by atoms with Crippen LogP contribution in [-0.2, 0) is 14.4 Å². The molecule has 3 N–H and O–H groups in total. The Morgan fingerprint density at radius 2 is 2.12 bits per heavy atom. The fourth-order valence-corrected chi connectivity index (χ4v) is 2.87. The van der Waals surface area contributed by atoms with Gasteiger partial charge < -0.3 is 15.3 Å². The zero-order chi connectivity index (χ0) is 18.4. The maximum atomic E-state index is 12.3. The molecule has 1 aliphatic heterocycles. The van der Waals surface area contributed by atoms with Gasteiger partial charge in [0.1, 0.15) is 6.04 Å². The van der Waals surface area contributed by atoms with Crippen molar-refractivity contribution in [3.63, 3.8) is 0 Å². The summed E-state index contributed by atoms with van der Waals surface area (Å²) in [5, 5.41) is 14.8. The first-order chi connectivity index (χ1) is 11.9. The first kappa shape index (κ1) is 18.9. The summed E-state index contributed by atoms with van der Waals surface area (Å²) in [7, 11) is 0. The van der Waals surface area contributed by atoms with E-state index in [1.165, 1.54) is 0 Å². The molecule has 0 saturated carbocycles. The van der Waals surface area contributed by atoms with Gasteiger partial charge in [0, 0.05) is 24.3 Å². The number of carbonyl (C=O) groups is 3. The Labute approximate surface area is 147 Å². The van der Waals surface area contributed by atoms with Crippen molar-refractivity contribution >= 4 is 29.2 Å². The lowest BCUT2D eigenvalue weighted by molar-refractivity contribution is -0.140. The summed E-state index contributed by atoms with van der Waals surface area (Å²) in [6.45, 7) is 4.22. The number of amides is 2. The van der Waals surface area contributed by atoms with E-state index >= 15 is 0 Å². The van der Waals surface area contributed by atoms with E-state index in [1.54, 1.807) is 30.0 Å². The number of benzene rings is 1. The number of aliphatic carboxylic acids is 1. The van der Waals surface area contributed by atoms with Crippen LogP contribution in [0.2, 0.25) is 0 Å². The third-order valence-corrected chi connectivity index (χ3v) is 4.22. The second-order valence-corrected chi connectivity index (χ2v) is 6.26. The number of hydrogen-bond donors (Lipinski definition) is 3. The van der Waals surface area contributed by atoms with Gasteiger partial charge in [0.2, 0.25) is 11.8 Å². The van der Waals surface area contributed by atoms with Crippen LogP contribution >= 0.6 is 0 Å². The van der Waals surface area contributed by atoms with Crippen molar-refractivity contribution in [1.82, 2.24) is 5.32 Å². The van der Waals surface area contributed by atoms with Crippen LogP contribution in [0.25, 0.3) is 0 Å². The minimum absolute atomic E-state index is 0.0855. The van der Waals surface area contributed by atoms with Crippen LogP contribution in [0, 0.1) is 0 Å². The van der Waals surface area contributed by atoms with Gasteiger partial charge in [-0.1, -0.05) is 19.4 Å². The molecule has 25 heavy (non-hydrogen) atoms. The molecule has 1 heterocycles. The second-order valence-electron chi connectivity index (χ2n) is 6.26. The SMILES string of the molecule is CCCC(NC(C)C(=O)Nc1cccc(N2CCCC2=O)c1)C(=O)O. The summed E-state index contributed by atoms with van der Waals surface area (Å²) >= 11 is 0. The molecule has 136 valence electrons. The fourth-order valence-electron chi connectivity index (χ4n) is 2.87. The van der Waals surface area contributed by atoms with E-state index in [0.29, 0.717) is 31.5 Å². The highest BCUT2D eigenvalue weighted by atomic mass is 16.4. The molecule has 7 nitrogen and oxygen atoms in total. The van der Waals surface area contributed by atoms with E-state index in [2.05, 4.69) is 10.6 Å². The molecule has 2 atom stereocenters. The molecule has 0 spiro atoms. The van der Waals surface area contributed by atoms with Crippen LogP contribution in [0.1, 0.15) is 39.5 Å². The Morgan fingerprint density at radius 3 is 2.72 bits per heavy atom. The Morgan fingerprint density at radius 1 is 1.36 bits per heavy atom. The van der Waals surface area contributed by atoms with Crippen molar-refractivity contribution in [3.05, 3.63) is 24.3 Å². The Bertz CT molecular complexity index is 647. The third kappa shape index (κ3) is 5.03. The lowest BCUT2D eigenvalue weighted by Crippen LogP contribution is -2.47. The molecule has 2 amide bonds. The number of rotatable bonds is 8. The number of carboxylic acids is 1. The van der Waals surface area contributed by atoms with Gasteiger partial charge >= 0.3 is 5.97 Å². The van der Waals surface area contributed by atoms with Crippen LogP contribution < -0.4 is 15.5 Å². The highest BCUT2D eigenvalue weighted by molar-refractivity contribution is 5.98. The monoisotopic (exact) mass is 347 g/mol. The van der Waals surface area contributed by atoms with Crippen molar-refractivity contribution in [3.8, 4) is 0 Å². The highest BCUT2D eigenvalue weighted by Crippen LogP contribution is 2.24. The lowest BCUT2D eigenvalue weighted by Gasteiger charge is -2.20. The molecule has 1 aromatic rings. The maximum absolute atomic E-state index is 12.3. The summed E-state index contributed by atoms with van der Waals surface area (Å²) in [4.78, 5) is 37.1. The van der Waals surface area contributed by atoms with Crippen molar-refractivity contribution in [2.75, 3.05) is 16.8 Å². The van der Waals surface area contributed by atoms with Crippen LogP contribution in [0.3, 0.4) is 0 Å². The fraction of sp³-hybridized carbons (Fsp3) is 0.500. The van der Waals surface area contributed by atoms with E-state index in [9.17, 15) is 19.5 Å². The van der Waals surface area contributed by atoms with Gasteiger partial charge in [-0.25, -0.2) is 0 Å². The van der Waals surface area contributed by atoms with Gasteiger partial charge in [0.25, 0.3) is 0 Å². The first-order valence-electron chi connectivity index (χ1n) is 8.62. The molecule has 1 fully saturated rings. The van der Waals surface area contributed by atoms with Gasteiger partial charge in [-0.2, -0.15) is 0 Å². The van der Waals surface area contributed by atoms with Crippen molar-refractivity contribution in [1.29, 1.82) is 0 Å². The van der Waals surface area contributed by atoms with Gasteiger partial charge in [0.15, 0.2) is 0 Å². The van der Waals surface area contributed by atoms with E-state index < -0.39 is 18.1 Å². The molecule has 2 unspecified atom stereocenters. The standard InChI is InChI=1S/C18H25N3O4/c1-3-6-15(18(24)25)19-12(2)17(23)20-13-7-4-8-14(11-13)21-10-5-9-16(21)22/h4,7-8,11-12,15,19H,3,5-6,9-10H2,1-2H3,(H,20,23)(H,24,25). The molecule has 1 aliphatic rings. The Kier molecular flexibility index (Phi) is 6.52. The molecule has 0 bridgehead atoms. The van der Waals surface area contributed by atoms with Crippen molar-refractivity contribution in [2.45, 2.75) is 51.6 Å². The minimum atomic E-state index is -0.962. The summed E-state index contributed by atoms with van der Waals surface area (Å²) in [6.07, 6.45) is 2.56. The second kappa shape index (κ2) is 8.62. The molecule has 0 aromatic heterocycles. The number of nitrogens with one attached hydrogen (secondary N) is 2. The van der Waals surface area contributed by atoms with Crippen molar-refractivity contribution in [2.24, 2.45) is 0 Å². The maximum Gasteiger partial charge on any atom is 0.320 e. The van der Waals surface area contributed by atoms with Gasteiger partial charge in [-0.15, -0.1) is 0 Å². The quantitative estimate of drug-likeness (QED) is 0.668. The largest absolute Gasteiger partial charge is 0.480 e. The van der Waals surface area contributed by atoms with Gasteiger partial charge in [-0.3, -0.25) is 19.7 Å². The topological polar surface area (TPSA) is 98.7 Å². The van der Waals surface area contributed by atoms with Crippen LogP contribution in [-0.4, -0.2) is 41.5 Å². The molecule has 1 aromatic carbocycles. The average Bonchev–Trinajstić information content (AvgIpc) is 3.00. The predicted molar refractivity (Wildman–Crippen MR) is 95.6 cm³/mol. The highest BCUT2D eigenvalue weighted by Gasteiger charge is 2.24. The molecular formula is C18H25N3O4. The average molecular weight is 347 g/mol. The van der Waals surface area contributed by atoms with Crippen molar-refractivity contribution < 1.29 is 19.5 Å². The van der Waals surface area contributed by atoms with E-state index in [1.807, 2.05) is 13.0 Å². The summed E-state index contributed by atoms with van der Waals surface area (Å²) in [6, 6.07) is 5.72. The summed E-state index contributed by atoms with van der Waals surface area (Å²) in [5.41, 5.74) is 1.34. The molecule has 7 heteroatoms. The first-order valence-corrected chi connectivity index (χ1v) is 8.62. The van der Waals surface area contributed by atoms with E-state index in [-0.39, 0.29) is 11.8 Å². The number of carbonyl (C=O) groups excluding carboxylic acids is 2. The van der Waals surface area contributed by atoms with Gasteiger partial charge in [0.05, 0.1) is 6.04 Å². The van der Waals surface area contributed by atoms with Gasteiger partial charge in [-0.05, 0) is 38.0 Å². The molecule has 1 saturated heterocycles. The lowest BCUT2D eigenvalue weighted by atomic mass is 10.1. The normalized spacial score (nSPS) is 16.6. The van der Waals surface area contributed by atoms with Crippen LogP contribution in [0.15, 0.2) is 24.3 Å². The number of hydrogen-bond acceptors (Lipinski definition) is 4. The molecule has 0 aliphatic carbocycles. The van der Waals surface area contributed by atoms with E-state index in [0.717, 1.165) is 12.1 Å². The Balaban J connectivity index is 2.00. The Hall–Kier alpha value is -2.41. The summed E-state index contributed by atoms with van der Waals surface area (Å²) in [5.74, 6) is -1.19. The van der Waals surface area contributed by atoms with E-state index in [4.69, 9.17) is 0 Å². The number of nitrogens with zero attached hydrogens (tertiary/aromatic N) is 1. The van der Waals surface area contributed by atoms with Crippen LogP contribution in [0.5, 0.6) is 0 Å².